The van der Waals surface area contributed by atoms with E-state index in [1.54, 1.807) is 0 Å². The van der Waals surface area contributed by atoms with Crippen molar-refractivity contribution >= 4 is 0 Å². The first-order chi connectivity index (χ1) is 9.36. The normalized spacial score (nSPS) is 21.5. The minimum atomic E-state index is 0.0912. The SMILES string of the molecule is CCCCCCC(CCCC)COC1CCCCO1. The Morgan fingerprint density at radius 3 is 2.47 bits per heavy atom. The Kier molecular flexibility index (Phi) is 10.5. The van der Waals surface area contributed by atoms with Crippen molar-refractivity contribution in [3.8, 4) is 0 Å². The summed E-state index contributed by atoms with van der Waals surface area (Å²) in [5.41, 5.74) is 0. The smallest absolute Gasteiger partial charge is 0.157 e. The van der Waals surface area contributed by atoms with Gasteiger partial charge in [0.2, 0.25) is 0 Å². The van der Waals surface area contributed by atoms with Gasteiger partial charge in [0, 0.05) is 6.61 Å². The third kappa shape index (κ3) is 8.65. The summed E-state index contributed by atoms with van der Waals surface area (Å²) in [5.74, 6) is 0.752. The van der Waals surface area contributed by atoms with Gasteiger partial charge >= 0.3 is 0 Å². The van der Waals surface area contributed by atoms with Gasteiger partial charge in [0.15, 0.2) is 6.29 Å². The number of rotatable bonds is 11. The van der Waals surface area contributed by atoms with Gasteiger partial charge in [-0.3, -0.25) is 0 Å². The van der Waals surface area contributed by atoms with Gasteiger partial charge in [-0.2, -0.15) is 0 Å². The van der Waals surface area contributed by atoms with Crippen LogP contribution < -0.4 is 0 Å². The molecule has 0 aromatic rings. The van der Waals surface area contributed by atoms with Crippen LogP contribution in [0.1, 0.15) is 84.5 Å². The highest BCUT2D eigenvalue weighted by Crippen LogP contribution is 2.20. The van der Waals surface area contributed by atoms with Crippen LogP contribution in [0.4, 0.5) is 0 Å². The minimum absolute atomic E-state index is 0.0912. The van der Waals surface area contributed by atoms with Crippen LogP contribution in [-0.2, 0) is 9.47 Å². The predicted molar refractivity (Wildman–Crippen MR) is 81.3 cm³/mol. The molecule has 0 saturated carbocycles. The highest BCUT2D eigenvalue weighted by Gasteiger charge is 2.16. The molecule has 2 atom stereocenters. The zero-order valence-electron chi connectivity index (χ0n) is 13.2. The van der Waals surface area contributed by atoms with Gasteiger partial charge in [-0.15, -0.1) is 0 Å². The van der Waals surface area contributed by atoms with E-state index in [4.69, 9.17) is 9.47 Å². The van der Waals surface area contributed by atoms with Crippen molar-refractivity contribution in [1.82, 2.24) is 0 Å². The Balaban J connectivity index is 2.15. The molecule has 1 fully saturated rings. The highest BCUT2D eigenvalue weighted by atomic mass is 16.7. The molecule has 114 valence electrons. The van der Waals surface area contributed by atoms with Crippen molar-refractivity contribution in [1.29, 1.82) is 0 Å². The molecule has 0 radical (unpaired) electrons. The maximum absolute atomic E-state index is 5.98. The van der Waals surface area contributed by atoms with E-state index in [9.17, 15) is 0 Å². The number of ether oxygens (including phenoxy) is 2. The van der Waals surface area contributed by atoms with E-state index < -0.39 is 0 Å². The molecule has 19 heavy (non-hydrogen) atoms. The van der Waals surface area contributed by atoms with E-state index in [1.165, 1.54) is 64.2 Å². The van der Waals surface area contributed by atoms with E-state index in [2.05, 4.69) is 13.8 Å². The molecule has 2 unspecified atom stereocenters. The van der Waals surface area contributed by atoms with Gasteiger partial charge in [-0.1, -0.05) is 52.4 Å². The number of unbranched alkanes of at least 4 members (excludes halogenated alkanes) is 4. The Hall–Kier alpha value is -0.0800. The zero-order valence-corrected chi connectivity index (χ0v) is 13.2. The molecule has 1 aliphatic rings. The molecule has 0 N–H and O–H groups in total. The Labute approximate surface area is 120 Å². The first kappa shape index (κ1) is 17.0. The first-order valence-corrected chi connectivity index (χ1v) is 8.60. The lowest BCUT2D eigenvalue weighted by Crippen LogP contribution is -2.25. The summed E-state index contributed by atoms with van der Waals surface area (Å²) >= 11 is 0. The van der Waals surface area contributed by atoms with Crippen LogP contribution in [0.15, 0.2) is 0 Å². The summed E-state index contributed by atoms with van der Waals surface area (Å²) in [4.78, 5) is 0. The van der Waals surface area contributed by atoms with E-state index in [-0.39, 0.29) is 6.29 Å². The van der Waals surface area contributed by atoms with Crippen LogP contribution in [-0.4, -0.2) is 19.5 Å². The maximum Gasteiger partial charge on any atom is 0.157 e. The van der Waals surface area contributed by atoms with E-state index in [0.29, 0.717) is 0 Å². The Morgan fingerprint density at radius 2 is 1.79 bits per heavy atom. The van der Waals surface area contributed by atoms with Gasteiger partial charge in [-0.05, 0) is 38.0 Å². The van der Waals surface area contributed by atoms with Crippen LogP contribution in [0.2, 0.25) is 0 Å². The van der Waals surface area contributed by atoms with Crippen LogP contribution in [0.3, 0.4) is 0 Å². The number of hydrogen-bond donors (Lipinski definition) is 0. The molecule has 0 bridgehead atoms. The fourth-order valence-electron chi connectivity index (χ4n) is 2.75. The summed E-state index contributed by atoms with van der Waals surface area (Å²) in [7, 11) is 0. The van der Waals surface area contributed by atoms with Gasteiger partial charge < -0.3 is 9.47 Å². The van der Waals surface area contributed by atoms with Crippen LogP contribution in [0, 0.1) is 5.92 Å². The molecule has 2 nitrogen and oxygen atoms in total. The van der Waals surface area contributed by atoms with Gasteiger partial charge in [-0.25, -0.2) is 0 Å². The lowest BCUT2D eigenvalue weighted by molar-refractivity contribution is -0.169. The highest BCUT2D eigenvalue weighted by molar-refractivity contribution is 4.61. The molecule has 2 heteroatoms. The molecule has 1 aliphatic heterocycles. The summed E-state index contributed by atoms with van der Waals surface area (Å²) in [6.45, 7) is 6.36. The van der Waals surface area contributed by atoms with Crippen LogP contribution in [0.25, 0.3) is 0 Å². The molecular formula is C17H34O2. The van der Waals surface area contributed by atoms with Crippen molar-refractivity contribution < 1.29 is 9.47 Å². The van der Waals surface area contributed by atoms with Crippen molar-refractivity contribution in [3.63, 3.8) is 0 Å². The van der Waals surface area contributed by atoms with Gasteiger partial charge in [0.05, 0.1) is 6.61 Å². The molecule has 0 spiro atoms. The van der Waals surface area contributed by atoms with Gasteiger partial charge in [0.25, 0.3) is 0 Å². The first-order valence-electron chi connectivity index (χ1n) is 8.60. The second kappa shape index (κ2) is 11.7. The summed E-state index contributed by atoms with van der Waals surface area (Å²) in [6.07, 6.45) is 14.4. The van der Waals surface area contributed by atoms with Crippen molar-refractivity contribution in [2.45, 2.75) is 90.8 Å². The minimum Gasteiger partial charge on any atom is -0.353 e. The largest absolute Gasteiger partial charge is 0.353 e. The van der Waals surface area contributed by atoms with Gasteiger partial charge in [0.1, 0.15) is 0 Å². The molecule has 0 aromatic carbocycles. The quantitative estimate of drug-likeness (QED) is 0.474. The van der Waals surface area contributed by atoms with E-state index >= 15 is 0 Å². The second-order valence-electron chi connectivity index (χ2n) is 5.99. The summed E-state index contributed by atoms with van der Waals surface area (Å²) in [5, 5.41) is 0. The standard InChI is InChI=1S/C17H34O2/c1-3-5-7-8-12-16(11-6-4-2)15-19-17-13-9-10-14-18-17/h16-17H,3-15H2,1-2H3. The predicted octanol–water partition coefficient (Wildman–Crippen LogP) is 5.31. The van der Waals surface area contributed by atoms with Crippen molar-refractivity contribution in [3.05, 3.63) is 0 Å². The van der Waals surface area contributed by atoms with Crippen LogP contribution in [0.5, 0.6) is 0 Å². The van der Waals surface area contributed by atoms with Crippen LogP contribution >= 0.6 is 0 Å². The monoisotopic (exact) mass is 270 g/mol. The Bertz CT molecular complexity index is 188. The second-order valence-corrected chi connectivity index (χ2v) is 5.99. The molecule has 0 aliphatic carbocycles. The maximum atomic E-state index is 5.98. The molecule has 0 amide bonds. The zero-order chi connectivity index (χ0) is 13.8. The van der Waals surface area contributed by atoms with E-state index in [0.717, 1.165) is 25.6 Å². The lowest BCUT2D eigenvalue weighted by atomic mass is 9.96. The molecule has 1 saturated heterocycles. The fourth-order valence-corrected chi connectivity index (χ4v) is 2.75. The third-order valence-electron chi connectivity index (χ3n) is 4.09. The topological polar surface area (TPSA) is 18.5 Å². The molecule has 1 heterocycles. The molecule has 0 aromatic heterocycles. The third-order valence-corrected chi connectivity index (χ3v) is 4.09. The summed E-state index contributed by atoms with van der Waals surface area (Å²) in [6, 6.07) is 0. The number of hydrogen-bond acceptors (Lipinski definition) is 2. The van der Waals surface area contributed by atoms with Crippen molar-refractivity contribution in [2.75, 3.05) is 13.2 Å². The average Bonchev–Trinajstić information content (AvgIpc) is 2.46. The molecule has 1 rings (SSSR count). The Morgan fingerprint density at radius 1 is 1.00 bits per heavy atom. The fraction of sp³-hybridized carbons (Fsp3) is 1.00. The average molecular weight is 270 g/mol. The molecular weight excluding hydrogens is 236 g/mol. The van der Waals surface area contributed by atoms with Crippen molar-refractivity contribution in [2.24, 2.45) is 5.92 Å². The van der Waals surface area contributed by atoms with E-state index in [1.807, 2.05) is 0 Å². The lowest BCUT2D eigenvalue weighted by Gasteiger charge is -2.25. The summed E-state index contributed by atoms with van der Waals surface area (Å²) < 4.78 is 11.6.